The van der Waals surface area contributed by atoms with Gasteiger partial charge in [-0.05, 0) is 36.8 Å². The molecule has 0 bridgehead atoms. The molecule has 0 radical (unpaired) electrons. The molecule has 0 aliphatic carbocycles. The van der Waals surface area contributed by atoms with Crippen LogP contribution in [0.25, 0.3) is 0 Å². The molecule has 0 atom stereocenters. The summed E-state index contributed by atoms with van der Waals surface area (Å²) in [4.78, 5) is 23.9. The van der Waals surface area contributed by atoms with Crippen molar-refractivity contribution in [3.05, 3.63) is 65.7 Å². The summed E-state index contributed by atoms with van der Waals surface area (Å²) >= 11 is 0. The number of benzene rings is 2. The van der Waals surface area contributed by atoms with E-state index in [1.165, 1.54) is 0 Å². The highest BCUT2D eigenvalue weighted by atomic mass is 16.5. The maximum Gasteiger partial charge on any atom is 0.319 e. The smallest absolute Gasteiger partial charge is 0.319 e. The summed E-state index contributed by atoms with van der Waals surface area (Å²) in [6, 6.07) is 16.1. The molecule has 3 N–H and O–H groups in total. The van der Waals surface area contributed by atoms with E-state index in [9.17, 15) is 9.59 Å². The van der Waals surface area contributed by atoms with E-state index in [-0.39, 0.29) is 11.9 Å². The lowest BCUT2D eigenvalue weighted by Crippen LogP contribution is -2.36. The third kappa shape index (κ3) is 8.20. The van der Waals surface area contributed by atoms with Gasteiger partial charge in [-0.2, -0.15) is 0 Å². The minimum atomic E-state index is -0.330. The Kier molecular flexibility index (Phi) is 9.54. The summed E-state index contributed by atoms with van der Waals surface area (Å²) in [7, 11) is 0. The predicted octanol–water partition coefficient (Wildman–Crippen LogP) is 2.79. The van der Waals surface area contributed by atoms with Crippen LogP contribution in [0.15, 0.2) is 54.6 Å². The molecule has 7 nitrogen and oxygen atoms in total. The van der Waals surface area contributed by atoms with E-state index >= 15 is 0 Å². The lowest BCUT2D eigenvalue weighted by molar-refractivity contribution is 0.0453. The molecule has 28 heavy (non-hydrogen) atoms. The Bertz CT molecular complexity index is 737. The second kappa shape index (κ2) is 12.5. The van der Waals surface area contributed by atoms with E-state index < -0.39 is 0 Å². The molecule has 0 aliphatic rings. The van der Waals surface area contributed by atoms with Gasteiger partial charge in [0.15, 0.2) is 0 Å². The molecule has 0 saturated heterocycles. The number of hydrogen-bond donors (Lipinski definition) is 3. The van der Waals surface area contributed by atoms with Crippen LogP contribution in [0.1, 0.15) is 22.8 Å². The molecular formula is C21H27N3O4. The van der Waals surface area contributed by atoms with E-state index in [2.05, 4.69) is 16.0 Å². The fraction of sp³-hybridized carbons (Fsp3) is 0.333. The maximum absolute atomic E-state index is 12.0. The average molecular weight is 385 g/mol. The summed E-state index contributed by atoms with van der Waals surface area (Å²) < 4.78 is 10.7. The number of amides is 3. The van der Waals surface area contributed by atoms with Crippen LogP contribution in [0, 0.1) is 0 Å². The summed E-state index contributed by atoms with van der Waals surface area (Å²) in [6.07, 6.45) is 0. The van der Waals surface area contributed by atoms with Gasteiger partial charge in [0, 0.05) is 30.9 Å². The Morgan fingerprint density at radius 3 is 2.43 bits per heavy atom. The zero-order valence-electron chi connectivity index (χ0n) is 16.1. The number of hydrogen-bond acceptors (Lipinski definition) is 4. The highest BCUT2D eigenvalue weighted by Crippen LogP contribution is 2.11. The molecule has 0 aliphatic heterocycles. The van der Waals surface area contributed by atoms with Crippen LogP contribution < -0.4 is 16.0 Å². The topological polar surface area (TPSA) is 88.7 Å². The van der Waals surface area contributed by atoms with Gasteiger partial charge in [0.05, 0.1) is 19.8 Å². The maximum atomic E-state index is 12.0. The molecule has 0 aromatic heterocycles. The quantitative estimate of drug-likeness (QED) is 0.519. The molecule has 2 rings (SSSR count). The largest absolute Gasteiger partial charge is 0.379 e. The summed E-state index contributed by atoms with van der Waals surface area (Å²) in [5.41, 5.74) is 2.23. The van der Waals surface area contributed by atoms with Crippen LogP contribution in [0.3, 0.4) is 0 Å². The molecular weight excluding hydrogens is 358 g/mol. The van der Waals surface area contributed by atoms with E-state index in [0.29, 0.717) is 50.8 Å². The van der Waals surface area contributed by atoms with Crippen LogP contribution >= 0.6 is 0 Å². The Balaban J connectivity index is 1.65. The van der Waals surface area contributed by atoms with E-state index in [1.54, 1.807) is 30.3 Å². The van der Waals surface area contributed by atoms with Crippen molar-refractivity contribution >= 4 is 17.6 Å². The first-order valence-corrected chi connectivity index (χ1v) is 9.31. The SMILES string of the molecule is CCOCCOCc1cccc(NC(=O)NCCNC(=O)c2ccccc2)c1. The summed E-state index contributed by atoms with van der Waals surface area (Å²) in [5.74, 6) is -0.167. The summed E-state index contributed by atoms with van der Waals surface area (Å²) in [6.45, 7) is 4.83. The zero-order valence-corrected chi connectivity index (χ0v) is 16.1. The van der Waals surface area contributed by atoms with Crippen molar-refractivity contribution in [1.82, 2.24) is 10.6 Å². The third-order valence-electron chi connectivity index (χ3n) is 3.76. The van der Waals surface area contributed by atoms with Crippen LogP contribution in [0.4, 0.5) is 10.5 Å². The van der Waals surface area contributed by atoms with Gasteiger partial charge in [0.1, 0.15) is 0 Å². The minimum absolute atomic E-state index is 0.167. The number of urea groups is 1. The summed E-state index contributed by atoms with van der Waals surface area (Å²) in [5, 5.41) is 8.24. The normalized spacial score (nSPS) is 10.3. The number of carbonyl (C=O) groups is 2. The van der Waals surface area contributed by atoms with Gasteiger partial charge in [0.2, 0.25) is 0 Å². The van der Waals surface area contributed by atoms with Crippen LogP contribution in [0.2, 0.25) is 0 Å². The van der Waals surface area contributed by atoms with E-state index in [4.69, 9.17) is 9.47 Å². The molecule has 0 saturated carbocycles. The molecule has 0 heterocycles. The van der Waals surface area contributed by atoms with E-state index in [0.717, 1.165) is 5.56 Å². The monoisotopic (exact) mass is 385 g/mol. The molecule has 0 unspecified atom stereocenters. The van der Waals surface area contributed by atoms with Crippen molar-refractivity contribution in [1.29, 1.82) is 0 Å². The van der Waals surface area contributed by atoms with Crippen LogP contribution in [-0.4, -0.2) is 44.8 Å². The minimum Gasteiger partial charge on any atom is -0.379 e. The average Bonchev–Trinajstić information content (AvgIpc) is 2.72. The van der Waals surface area contributed by atoms with Crippen molar-refractivity contribution in [2.75, 3.05) is 38.2 Å². The zero-order chi connectivity index (χ0) is 20.0. The molecule has 0 fully saturated rings. The lowest BCUT2D eigenvalue weighted by Gasteiger charge is -2.10. The first-order valence-electron chi connectivity index (χ1n) is 9.31. The highest BCUT2D eigenvalue weighted by Gasteiger charge is 2.05. The lowest BCUT2D eigenvalue weighted by atomic mass is 10.2. The van der Waals surface area contributed by atoms with Gasteiger partial charge in [-0.15, -0.1) is 0 Å². The van der Waals surface area contributed by atoms with Gasteiger partial charge >= 0.3 is 6.03 Å². The standard InChI is InChI=1S/C21H27N3O4/c1-2-27-13-14-28-16-17-7-6-10-19(15-17)24-21(26)23-12-11-22-20(25)18-8-4-3-5-9-18/h3-10,15H,2,11-14,16H2,1H3,(H,22,25)(H2,23,24,26). The van der Waals surface area contributed by atoms with Crippen molar-refractivity contribution in [2.45, 2.75) is 13.5 Å². The molecule has 2 aromatic rings. The van der Waals surface area contributed by atoms with Crippen molar-refractivity contribution in [3.63, 3.8) is 0 Å². The Labute approximate surface area is 165 Å². The fourth-order valence-electron chi connectivity index (χ4n) is 2.41. The number of ether oxygens (including phenoxy) is 2. The molecule has 7 heteroatoms. The first kappa shape index (κ1) is 21.4. The predicted molar refractivity (Wildman–Crippen MR) is 108 cm³/mol. The fourth-order valence-corrected chi connectivity index (χ4v) is 2.41. The molecule has 150 valence electrons. The van der Waals surface area contributed by atoms with Gasteiger partial charge < -0.3 is 25.4 Å². The van der Waals surface area contributed by atoms with Gasteiger partial charge in [-0.1, -0.05) is 30.3 Å². The number of rotatable bonds is 11. The van der Waals surface area contributed by atoms with Crippen LogP contribution in [-0.2, 0) is 16.1 Å². The molecule has 3 amide bonds. The third-order valence-corrected chi connectivity index (χ3v) is 3.76. The van der Waals surface area contributed by atoms with Gasteiger partial charge in [-0.3, -0.25) is 4.79 Å². The highest BCUT2D eigenvalue weighted by molar-refractivity contribution is 5.94. The number of carbonyl (C=O) groups excluding carboxylic acids is 2. The number of anilines is 1. The van der Waals surface area contributed by atoms with Gasteiger partial charge in [0.25, 0.3) is 5.91 Å². The Hall–Kier alpha value is -2.90. The second-order valence-corrected chi connectivity index (χ2v) is 5.95. The number of nitrogens with one attached hydrogen (secondary N) is 3. The van der Waals surface area contributed by atoms with Gasteiger partial charge in [-0.25, -0.2) is 4.79 Å². The molecule has 0 spiro atoms. The Morgan fingerprint density at radius 2 is 1.64 bits per heavy atom. The molecule has 2 aromatic carbocycles. The van der Waals surface area contributed by atoms with Crippen LogP contribution in [0.5, 0.6) is 0 Å². The second-order valence-electron chi connectivity index (χ2n) is 5.95. The van der Waals surface area contributed by atoms with Crippen molar-refractivity contribution in [3.8, 4) is 0 Å². The Morgan fingerprint density at radius 1 is 0.893 bits per heavy atom. The first-order chi connectivity index (χ1) is 13.7. The van der Waals surface area contributed by atoms with Crippen molar-refractivity contribution in [2.24, 2.45) is 0 Å². The van der Waals surface area contributed by atoms with Crippen molar-refractivity contribution < 1.29 is 19.1 Å². The van der Waals surface area contributed by atoms with E-state index in [1.807, 2.05) is 31.2 Å².